The first-order valence-corrected chi connectivity index (χ1v) is 9.96. The van der Waals surface area contributed by atoms with E-state index in [9.17, 15) is 9.59 Å². The third-order valence-electron chi connectivity index (χ3n) is 6.04. The van der Waals surface area contributed by atoms with Crippen LogP contribution in [0.15, 0.2) is 0 Å². The molecule has 1 saturated carbocycles. The van der Waals surface area contributed by atoms with Crippen molar-refractivity contribution in [2.75, 3.05) is 33.3 Å². The molecule has 7 nitrogen and oxygen atoms in total. The van der Waals surface area contributed by atoms with Crippen LogP contribution in [0.5, 0.6) is 0 Å². The lowest BCUT2D eigenvalue weighted by Gasteiger charge is -2.45. The van der Waals surface area contributed by atoms with Gasteiger partial charge in [-0.15, -0.1) is 0 Å². The minimum atomic E-state index is -0.578. The van der Waals surface area contributed by atoms with Gasteiger partial charge in [-0.3, -0.25) is 14.5 Å². The van der Waals surface area contributed by atoms with E-state index in [1.165, 1.54) is 12.8 Å². The van der Waals surface area contributed by atoms with Gasteiger partial charge in [0.2, 0.25) is 11.8 Å². The van der Waals surface area contributed by atoms with Crippen LogP contribution >= 0.6 is 0 Å². The van der Waals surface area contributed by atoms with Crippen molar-refractivity contribution in [3.63, 3.8) is 0 Å². The summed E-state index contributed by atoms with van der Waals surface area (Å²) >= 11 is 0. The number of carbonyl (C=O) groups is 2. The molecule has 2 fully saturated rings. The van der Waals surface area contributed by atoms with Crippen molar-refractivity contribution in [1.82, 2.24) is 15.5 Å². The predicted molar refractivity (Wildman–Crippen MR) is 102 cm³/mol. The molecular formula is C19H36N4O3. The summed E-state index contributed by atoms with van der Waals surface area (Å²) in [5, 5.41) is 5.68. The Hall–Kier alpha value is -1.18. The summed E-state index contributed by atoms with van der Waals surface area (Å²) in [6, 6.07) is -0.578. The van der Waals surface area contributed by atoms with Crippen molar-refractivity contribution in [1.29, 1.82) is 0 Å². The minimum Gasteiger partial charge on any atom is -0.381 e. The van der Waals surface area contributed by atoms with Crippen molar-refractivity contribution in [2.24, 2.45) is 11.7 Å². The minimum absolute atomic E-state index is 0.0128. The normalized spacial score (nSPS) is 22.3. The Labute approximate surface area is 157 Å². The lowest BCUT2D eigenvalue weighted by Crippen LogP contribution is -2.57. The Bertz CT molecular complexity index is 469. The average molecular weight is 369 g/mol. The number of likely N-dealkylation sites (tertiary alicyclic amines) is 1. The second-order valence-corrected chi connectivity index (χ2v) is 8.12. The molecule has 0 aromatic rings. The topological polar surface area (TPSA) is 96.7 Å². The van der Waals surface area contributed by atoms with E-state index < -0.39 is 6.04 Å². The van der Waals surface area contributed by atoms with E-state index in [1.807, 2.05) is 13.8 Å². The number of hydrogen-bond acceptors (Lipinski definition) is 5. The molecule has 1 atom stereocenters. The summed E-state index contributed by atoms with van der Waals surface area (Å²) in [6.45, 7) is 6.46. The van der Waals surface area contributed by atoms with Crippen molar-refractivity contribution < 1.29 is 14.3 Å². The number of hydrogen-bond donors (Lipinski definition) is 3. The molecule has 1 heterocycles. The fraction of sp³-hybridized carbons (Fsp3) is 0.895. The first-order chi connectivity index (χ1) is 12.4. The zero-order chi connectivity index (χ0) is 19.2. The van der Waals surface area contributed by atoms with Crippen LogP contribution in [0.2, 0.25) is 0 Å². The van der Waals surface area contributed by atoms with Crippen molar-refractivity contribution >= 4 is 11.8 Å². The number of carbonyl (C=O) groups excluding carboxylic acids is 2. The summed E-state index contributed by atoms with van der Waals surface area (Å²) in [6.07, 6.45) is 7.12. The first kappa shape index (κ1) is 21.1. The Kier molecular flexibility index (Phi) is 7.85. The molecule has 1 aliphatic carbocycles. The number of nitrogens with zero attached hydrogens (tertiary/aromatic N) is 1. The van der Waals surface area contributed by atoms with Gasteiger partial charge in [-0.1, -0.05) is 26.7 Å². The van der Waals surface area contributed by atoms with Gasteiger partial charge in [0.1, 0.15) is 0 Å². The Morgan fingerprint density at radius 2 is 1.81 bits per heavy atom. The Morgan fingerprint density at radius 3 is 2.35 bits per heavy atom. The van der Waals surface area contributed by atoms with E-state index in [4.69, 9.17) is 10.5 Å². The average Bonchev–Trinajstić information content (AvgIpc) is 3.14. The summed E-state index contributed by atoms with van der Waals surface area (Å²) < 4.78 is 5.48. The van der Waals surface area contributed by atoms with Crippen molar-refractivity contribution in [3.8, 4) is 0 Å². The van der Waals surface area contributed by atoms with Crippen LogP contribution in [-0.2, 0) is 14.3 Å². The Balaban J connectivity index is 1.81. The molecule has 0 bridgehead atoms. The molecule has 150 valence electrons. The number of ether oxygens (including phenoxy) is 1. The highest BCUT2D eigenvalue weighted by Gasteiger charge is 2.41. The summed E-state index contributed by atoms with van der Waals surface area (Å²) in [5.74, 6) is -0.366. The van der Waals surface area contributed by atoms with E-state index in [-0.39, 0.29) is 29.8 Å². The van der Waals surface area contributed by atoms with Crippen LogP contribution in [-0.4, -0.2) is 67.7 Å². The van der Waals surface area contributed by atoms with Crippen LogP contribution in [0.3, 0.4) is 0 Å². The van der Waals surface area contributed by atoms with Gasteiger partial charge >= 0.3 is 0 Å². The number of methoxy groups -OCH3 is 1. The second kappa shape index (κ2) is 9.67. The highest BCUT2D eigenvalue weighted by atomic mass is 16.5. The van der Waals surface area contributed by atoms with Gasteiger partial charge in [-0.25, -0.2) is 0 Å². The highest BCUT2D eigenvalue weighted by Crippen LogP contribution is 2.36. The molecule has 4 N–H and O–H groups in total. The zero-order valence-corrected chi connectivity index (χ0v) is 16.6. The van der Waals surface area contributed by atoms with E-state index in [0.29, 0.717) is 12.6 Å². The quantitative estimate of drug-likeness (QED) is 0.584. The summed E-state index contributed by atoms with van der Waals surface area (Å²) in [4.78, 5) is 26.6. The molecule has 0 radical (unpaired) electrons. The van der Waals surface area contributed by atoms with Gasteiger partial charge in [0.15, 0.2) is 0 Å². The van der Waals surface area contributed by atoms with Crippen LogP contribution < -0.4 is 16.4 Å². The molecular weight excluding hydrogens is 332 g/mol. The van der Waals surface area contributed by atoms with E-state index in [1.54, 1.807) is 7.11 Å². The SMILES string of the molecule is COC1CCN(C2(CNC(=O)CNC(=O)[C@@H](N)C(C)C)CCCC2)CC1. The van der Waals surface area contributed by atoms with Gasteiger partial charge in [0.05, 0.1) is 18.7 Å². The van der Waals surface area contributed by atoms with Crippen LogP contribution in [0.25, 0.3) is 0 Å². The zero-order valence-electron chi connectivity index (χ0n) is 16.6. The molecule has 2 rings (SSSR count). The molecule has 1 aliphatic heterocycles. The molecule has 7 heteroatoms. The van der Waals surface area contributed by atoms with Crippen molar-refractivity contribution in [2.45, 2.75) is 70.1 Å². The fourth-order valence-corrected chi connectivity index (χ4v) is 4.12. The van der Waals surface area contributed by atoms with E-state index in [0.717, 1.165) is 38.8 Å². The highest BCUT2D eigenvalue weighted by molar-refractivity contribution is 5.87. The monoisotopic (exact) mass is 368 g/mol. The predicted octanol–water partition coefficient (Wildman–Crippen LogP) is 0.626. The smallest absolute Gasteiger partial charge is 0.239 e. The number of amides is 2. The summed E-state index contributed by atoms with van der Waals surface area (Å²) in [5.41, 5.74) is 5.86. The second-order valence-electron chi connectivity index (χ2n) is 8.12. The summed E-state index contributed by atoms with van der Waals surface area (Å²) in [7, 11) is 1.78. The lowest BCUT2D eigenvalue weighted by molar-refractivity contribution is -0.127. The molecule has 2 amide bonds. The number of nitrogens with two attached hydrogens (primary N) is 1. The largest absolute Gasteiger partial charge is 0.381 e. The molecule has 0 unspecified atom stereocenters. The van der Waals surface area contributed by atoms with Gasteiger partial charge in [0, 0.05) is 32.3 Å². The standard InChI is InChI=1S/C19H36N4O3/c1-14(2)17(20)18(25)21-12-16(24)22-13-19(8-4-5-9-19)23-10-6-15(26-3)7-11-23/h14-15,17H,4-13,20H2,1-3H3,(H,21,25)(H,22,24)/t17-/m0/s1. The van der Waals surface area contributed by atoms with Crippen molar-refractivity contribution in [3.05, 3.63) is 0 Å². The third kappa shape index (κ3) is 5.41. The van der Waals surface area contributed by atoms with E-state index in [2.05, 4.69) is 15.5 Å². The maximum Gasteiger partial charge on any atom is 0.239 e. The molecule has 26 heavy (non-hydrogen) atoms. The molecule has 0 aromatic heterocycles. The Morgan fingerprint density at radius 1 is 1.19 bits per heavy atom. The van der Waals surface area contributed by atoms with Gasteiger partial charge in [-0.05, 0) is 31.6 Å². The van der Waals surface area contributed by atoms with Crippen LogP contribution in [0.4, 0.5) is 0 Å². The molecule has 0 spiro atoms. The molecule has 2 aliphatic rings. The first-order valence-electron chi connectivity index (χ1n) is 9.96. The number of piperidine rings is 1. The fourth-order valence-electron chi connectivity index (χ4n) is 4.12. The number of nitrogens with one attached hydrogen (secondary N) is 2. The molecule has 1 saturated heterocycles. The van der Waals surface area contributed by atoms with Gasteiger partial charge < -0.3 is 21.1 Å². The van der Waals surface area contributed by atoms with Gasteiger partial charge in [0.25, 0.3) is 0 Å². The van der Waals surface area contributed by atoms with Gasteiger partial charge in [-0.2, -0.15) is 0 Å². The maximum atomic E-state index is 12.2. The lowest BCUT2D eigenvalue weighted by atomic mass is 9.91. The van der Waals surface area contributed by atoms with Crippen LogP contribution in [0, 0.1) is 5.92 Å². The third-order valence-corrected chi connectivity index (χ3v) is 6.04. The van der Waals surface area contributed by atoms with Crippen LogP contribution in [0.1, 0.15) is 52.4 Å². The van der Waals surface area contributed by atoms with E-state index >= 15 is 0 Å². The molecule has 0 aromatic carbocycles. The number of rotatable bonds is 8. The maximum absolute atomic E-state index is 12.2.